The first-order valence-electron chi connectivity index (χ1n) is 8.46. The minimum atomic E-state index is -0.461. The number of aromatic amines is 1. The number of rotatable bonds is 6. The van der Waals surface area contributed by atoms with E-state index in [4.69, 9.17) is 16.3 Å². The monoisotopic (exact) mass is 386 g/mol. The number of nitrogens with zero attached hydrogens (tertiary/aromatic N) is 2. The van der Waals surface area contributed by atoms with E-state index in [-0.39, 0.29) is 18.7 Å². The number of pyridine rings is 1. The maximum Gasteiger partial charge on any atom is 0.312 e. The quantitative estimate of drug-likeness (QED) is 0.635. The number of imidazole rings is 1. The van der Waals surface area contributed by atoms with Gasteiger partial charge in [0.05, 0.1) is 12.2 Å². The Morgan fingerprint density at radius 3 is 2.74 bits per heavy atom. The summed E-state index contributed by atoms with van der Waals surface area (Å²) in [6.45, 7) is 3.62. The number of benzene rings is 1. The van der Waals surface area contributed by atoms with Crippen molar-refractivity contribution in [3.63, 3.8) is 0 Å². The molecule has 0 radical (unpaired) electrons. The van der Waals surface area contributed by atoms with E-state index in [9.17, 15) is 9.59 Å². The Hall–Kier alpha value is -3.06. The smallest absolute Gasteiger partial charge is 0.312 e. The van der Waals surface area contributed by atoms with Gasteiger partial charge in [0.1, 0.15) is 5.82 Å². The van der Waals surface area contributed by atoms with Crippen molar-refractivity contribution in [2.24, 2.45) is 0 Å². The van der Waals surface area contributed by atoms with Gasteiger partial charge in [-0.2, -0.15) is 0 Å². The van der Waals surface area contributed by atoms with E-state index in [0.717, 1.165) is 5.56 Å². The zero-order valence-electron chi connectivity index (χ0n) is 15.0. The van der Waals surface area contributed by atoms with E-state index in [1.54, 1.807) is 26.1 Å². The minimum Gasteiger partial charge on any atom is -0.420 e. The molecule has 0 aliphatic carbocycles. The Labute approximate surface area is 160 Å². The minimum absolute atomic E-state index is 0.0116. The van der Waals surface area contributed by atoms with Gasteiger partial charge in [-0.15, -0.1) is 0 Å². The van der Waals surface area contributed by atoms with Crippen LogP contribution in [0.5, 0.6) is 5.75 Å². The van der Waals surface area contributed by atoms with E-state index >= 15 is 0 Å². The van der Waals surface area contributed by atoms with Gasteiger partial charge in [-0.1, -0.05) is 48.9 Å². The third-order valence-corrected chi connectivity index (χ3v) is 4.26. The third kappa shape index (κ3) is 4.20. The molecule has 2 heterocycles. The molecule has 8 heteroatoms. The highest BCUT2D eigenvalue weighted by Gasteiger charge is 2.14. The second-order valence-corrected chi connectivity index (χ2v) is 6.24. The Kier molecular flexibility index (Phi) is 5.61. The average Bonchev–Trinajstić information content (AvgIpc) is 3.05. The van der Waals surface area contributed by atoms with Gasteiger partial charge >= 0.3 is 11.5 Å². The number of nitrogens with one attached hydrogen (secondary N) is 2. The van der Waals surface area contributed by atoms with Crippen LogP contribution in [0.1, 0.15) is 24.6 Å². The van der Waals surface area contributed by atoms with Crippen molar-refractivity contribution in [1.82, 2.24) is 14.6 Å². The topological polar surface area (TPSA) is 89.0 Å². The summed E-state index contributed by atoms with van der Waals surface area (Å²) in [5, 5.41) is 0.319. The van der Waals surface area contributed by atoms with Gasteiger partial charge in [-0.25, -0.2) is 9.66 Å². The van der Waals surface area contributed by atoms with Crippen LogP contribution in [0.2, 0.25) is 5.15 Å². The number of carbonyl (C=O) groups is 1. The molecule has 3 rings (SSSR count). The lowest BCUT2D eigenvalue weighted by Gasteiger charge is -2.12. The Morgan fingerprint density at radius 2 is 2.04 bits per heavy atom. The summed E-state index contributed by atoms with van der Waals surface area (Å²) in [7, 11) is 0. The van der Waals surface area contributed by atoms with Gasteiger partial charge in [0, 0.05) is 18.2 Å². The molecule has 0 aliphatic heterocycles. The van der Waals surface area contributed by atoms with E-state index < -0.39 is 11.5 Å². The molecule has 0 aliphatic rings. The van der Waals surface area contributed by atoms with E-state index in [1.807, 2.05) is 30.3 Å². The molecule has 1 aromatic carbocycles. The Balaban J connectivity index is 1.80. The molecular formula is C19H19ClN4O3. The fraction of sp³-hybridized carbons (Fsp3) is 0.211. The van der Waals surface area contributed by atoms with Crippen LogP contribution >= 0.6 is 11.6 Å². The number of hydrogen-bond acceptors (Lipinski definition) is 5. The summed E-state index contributed by atoms with van der Waals surface area (Å²) < 4.78 is 6.40. The fourth-order valence-corrected chi connectivity index (χ4v) is 2.64. The summed E-state index contributed by atoms with van der Waals surface area (Å²) >= 11 is 6.21. The van der Waals surface area contributed by atoms with Crippen molar-refractivity contribution in [3.05, 3.63) is 69.4 Å². The zero-order valence-corrected chi connectivity index (χ0v) is 15.7. The molecule has 3 aromatic rings. The van der Waals surface area contributed by atoms with Crippen molar-refractivity contribution in [2.45, 2.75) is 26.8 Å². The van der Waals surface area contributed by atoms with Crippen LogP contribution in [-0.4, -0.2) is 20.6 Å². The molecule has 0 atom stereocenters. The molecule has 0 fully saturated rings. The van der Waals surface area contributed by atoms with Crippen LogP contribution in [-0.2, 0) is 11.3 Å². The lowest BCUT2D eigenvalue weighted by atomic mass is 10.2. The highest BCUT2D eigenvalue weighted by molar-refractivity contribution is 6.30. The third-order valence-electron chi connectivity index (χ3n) is 3.95. The Bertz CT molecular complexity index is 1010. The molecule has 0 saturated heterocycles. The number of ether oxygens (including phenoxy) is 1. The first-order chi connectivity index (χ1) is 13.0. The maximum absolute atomic E-state index is 12.5. The molecule has 0 unspecified atom stereocenters. The molecule has 0 amide bonds. The predicted molar refractivity (Wildman–Crippen MR) is 103 cm³/mol. The lowest BCUT2D eigenvalue weighted by molar-refractivity contribution is -0.134. The van der Waals surface area contributed by atoms with Gasteiger partial charge in [0.15, 0.2) is 5.15 Å². The van der Waals surface area contributed by atoms with Crippen LogP contribution in [0.15, 0.2) is 47.4 Å². The van der Waals surface area contributed by atoms with Gasteiger partial charge in [-0.3, -0.25) is 9.59 Å². The number of carbonyl (C=O) groups excluding carboxylic acids is 1. The van der Waals surface area contributed by atoms with E-state index in [0.29, 0.717) is 22.2 Å². The second kappa shape index (κ2) is 8.09. The summed E-state index contributed by atoms with van der Waals surface area (Å²) in [6, 6.07) is 11.3. The fourth-order valence-electron chi connectivity index (χ4n) is 2.44. The van der Waals surface area contributed by atoms with Crippen molar-refractivity contribution in [2.75, 3.05) is 5.43 Å². The summed E-state index contributed by atoms with van der Waals surface area (Å²) in [5.41, 5.74) is 4.63. The van der Waals surface area contributed by atoms with Crippen molar-refractivity contribution < 1.29 is 9.53 Å². The van der Waals surface area contributed by atoms with Crippen molar-refractivity contribution in [3.8, 4) is 17.1 Å². The van der Waals surface area contributed by atoms with E-state index in [1.165, 1.54) is 4.68 Å². The molecular weight excluding hydrogens is 368 g/mol. The summed E-state index contributed by atoms with van der Waals surface area (Å²) in [5.74, 6) is 0.195. The molecule has 27 heavy (non-hydrogen) atoms. The normalized spacial score (nSPS) is 10.6. The van der Waals surface area contributed by atoms with Gasteiger partial charge in [-0.05, 0) is 18.6 Å². The highest BCUT2D eigenvalue weighted by atomic mass is 35.5. The predicted octanol–water partition coefficient (Wildman–Crippen LogP) is 3.26. The first-order valence-corrected chi connectivity index (χ1v) is 8.84. The Morgan fingerprint density at radius 1 is 1.30 bits per heavy atom. The molecule has 2 N–H and O–H groups in total. The number of halogens is 1. The average molecular weight is 387 g/mol. The number of esters is 1. The summed E-state index contributed by atoms with van der Waals surface area (Å²) in [4.78, 5) is 31.5. The van der Waals surface area contributed by atoms with Gasteiger partial charge < -0.3 is 15.1 Å². The van der Waals surface area contributed by atoms with Crippen LogP contribution < -0.4 is 15.7 Å². The number of aryl methyl sites for hydroxylation is 1. The van der Waals surface area contributed by atoms with Crippen LogP contribution in [0.3, 0.4) is 0 Å². The van der Waals surface area contributed by atoms with Gasteiger partial charge in [0.2, 0.25) is 5.75 Å². The maximum atomic E-state index is 12.5. The van der Waals surface area contributed by atoms with Crippen LogP contribution in [0, 0.1) is 6.92 Å². The van der Waals surface area contributed by atoms with Crippen LogP contribution in [0.25, 0.3) is 11.4 Å². The van der Waals surface area contributed by atoms with Crippen LogP contribution in [0.4, 0.5) is 0 Å². The number of hydrogen-bond donors (Lipinski definition) is 2. The molecule has 0 bridgehead atoms. The number of aromatic nitrogens is 3. The second-order valence-electron chi connectivity index (χ2n) is 5.89. The lowest BCUT2D eigenvalue weighted by Crippen LogP contribution is -2.30. The highest BCUT2D eigenvalue weighted by Crippen LogP contribution is 2.21. The summed E-state index contributed by atoms with van der Waals surface area (Å²) in [6.07, 6.45) is 1.76. The first kappa shape index (κ1) is 18.7. The van der Waals surface area contributed by atoms with Crippen molar-refractivity contribution in [1.29, 1.82) is 0 Å². The number of H-pyrrole nitrogens is 1. The molecule has 0 saturated carbocycles. The SMILES string of the molecule is CCC(=O)Oc1c(C)ccn(NCc2[nH]c(-c3ccccc3)nc2Cl)c1=O. The zero-order chi connectivity index (χ0) is 19.4. The van der Waals surface area contributed by atoms with E-state index in [2.05, 4.69) is 15.4 Å². The molecule has 0 spiro atoms. The van der Waals surface area contributed by atoms with Crippen molar-refractivity contribution >= 4 is 17.6 Å². The standard InChI is InChI=1S/C19H19ClN4O3/c1-3-15(25)27-16-12(2)9-10-24(19(16)26)21-11-14-17(20)23-18(22-14)13-7-5-4-6-8-13/h4-10,21H,3,11H2,1-2H3,(H,22,23). The molecule has 2 aromatic heterocycles. The van der Waals surface area contributed by atoms with Gasteiger partial charge in [0.25, 0.3) is 0 Å². The molecule has 7 nitrogen and oxygen atoms in total. The molecule has 140 valence electrons. The largest absolute Gasteiger partial charge is 0.420 e.